The summed E-state index contributed by atoms with van der Waals surface area (Å²) in [6.07, 6.45) is 1.58. The molecule has 0 spiro atoms. The first-order valence-electron chi connectivity index (χ1n) is 5.27. The fraction of sp³-hybridized carbons (Fsp3) is 0.400. The lowest BCUT2D eigenvalue weighted by atomic mass is 10.4. The minimum absolute atomic E-state index is 0.661. The molecule has 2 rings (SSSR count). The van der Waals surface area contributed by atoms with E-state index in [-0.39, 0.29) is 0 Å². The first kappa shape index (κ1) is 11.9. The lowest BCUT2D eigenvalue weighted by Gasteiger charge is -2.27. The van der Waals surface area contributed by atoms with Crippen LogP contribution in [-0.4, -0.2) is 38.5 Å². The van der Waals surface area contributed by atoms with Gasteiger partial charge in [0.2, 0.25) is 0 Å². The Labute approximate surface area is 103 Å². The standard InChI is InChI=1S/C10H14N4O2S/c11-10(15)13-12-7-8-1-2-9(17-8)14-3-5-16-6-4-14/h1-2,7H,3-6H2,(H3,11,13,15)/b12-7+. The number of anilines is 1. The van der Waals surface area contributed by atoms with Gasteiger partial charge in [-0.15, -0.1) is 11.3 Å². The SMILES string of the molecule is NC(=O)N/N=C/c1ccc(N2CCOCC2)s1. The number of nitrogens with zero attached hydrogens (tertiary/aromatic N) is 2. The smallest absolute Gasteiger partial charge is 0.332 e. The second-order valence-corrected chi connectivity index (χ2v) is 4.60. The third kappa shape index (κ3) is 3.43. The van der Waals surface area contributed by atoms with E-state index in [1.807, 2.05) is 12.1 Å². The number of nitrogens with one attached hydrogen (secondary N) is 1. The fourth-order valence-electron chi connectivity index (χ4n) is 1.52. The van der Waals surface area contributed by atoms with Crippen molar-refractivity contribution >= 4 is 28.6 Å². The zero-order valence-corrected chi connectivity index (χ0v) is 10.1. The molecule has 0 bridgehead atoms. The average molecular weight is 254 g/mol. The second kappa shape index (κ2) is 5.65. The molecule has 1 aliphatic heterocycles. The maximum atomic E-state index is 10.4. The van der Waals surface area contributed by atoms with Gasteiger partial charge < -0.3 is 15.4 Å². The quantitative estimate of drug-likeness (QED) is 0.612. The van der Waals surface area contributed by atoms with Gasteiger partial charge in [-0.05, 0) is 12.1 Å². The molecule has 2 amide bonds. The van der Waals surface area contributed by atoms with E-state index in [9.17, 15) is 4.79 Å². The zero-order chi connectivity index (χ0) is 12.1. The largest absolute Gasteiger partial charge is 0.378 e. The van der Waals surface area contributed by atoms with Crippen molar-refractivity contribution < 1.29 is 9.53 Å². The van der Waals surface area contributed by atoms with E-state index in [2.05, 4.69) is 15.4 Å². The summed E-state index contributed by atoms with van der Waals surface area (Å²) < 4.78 is 5.29. The predicted octanol–water partition coefficient (Wildman–Crippen LogP) is 0.587. The summed E-state index contributed by atoms with van der Waals surface area (Å²) in [5.41, 5.74) is 7.06. The molecule has 7 heteroatoms. The highest BCUT2D eigenvalue weighted by molar-refractivity contribution is 7.17. The molecule has 92 valence electrons. The van der Waals surface area contributed by atoms with Crippen LogP contribution >= 0.6 is 11.3 Å². The first-order valence-corrected chi connectivity index (χ1v) is 6.08. The molecule has 2 heterocycles. The summed E-state index contributed by atoms with van der Waals surface area (Å²) in [6.45, 7) is 3.36. The van der Waals surface area contributed by atoms with Gasteiger partial charge >= 0.3 is 6.03 Å². The summed E-state index contributed by atoms with van der Waals surface area (Å²) in [4.78, 5) is 13.7. The predicted molar refractivity (Wildman–Crippen MR) is 67.7 cm³/mol. The van der Waals surface area contributed by atoms with Crippen LogP contribution in [0.3, 0.4) is 0 Å². The van der Waals surface area contributed by atoms with Crippen LogP contribution in [0.15, 0.2) is 17.2 Å². The molecule has 3 N–H and O–H groups in total. The molecule has 0 aliphatic carbocycles. The fourth-order valence-corrected chi connectivity index (χ4v) is 2.46. The van der Waals surface area contributed by atoms with Crippen LogP contribution in [0.25, 0.3) is 0 Å². The van der Waals surface area contributed by atoms with E-state index in [4.69, 9.17) is 10.5 Å². The van der Waals surface area contributed by atoms with Gasteiger partial charge in [0.25, 0.3) is 0 Å². The number of primary amides is 1. The highest BCUT2D eigenvalue weighted by Gasteiger charge is 2.12. The number of rotatable bonds is 3. The summed E-state index contributed by atoms with van der Waals surface area (Å²) in [5.74, 6) is 0. The van der Waals surface area contributed by atoms with Gasteiger partial charge in [-0.1, -0.05) is 0 Å². The number of ether oxygens (including phenoxy) is 1. The number of carbonyl (C=O) groups excluding carboxylic acids is 1. The number of carbonyl (C=O) groups is 1. The normalized spacial score (nSPS) is 16.4. The van der Waals surface area contributed by atoms with E-state index < -0.39 is 6.03 Å². The summed E-state index contributed by atoms with van der Waals surface area (Å²) >= 11 is 1.62. The molecule has 1 aromatic rings. The van der Waals surface area contributed by atoms with Gasteiger partial charge in [0.15, 0.2) is 0 Å². The monoisotopic (exact) mass is 254 g/mol. The Morgan fingerprint density at radius 1 is 1.53 bits per heavy atom. The van der Waals surface area contributed by atoms with E-state index in [0.717, 1.165) is 31.2 Å². The molecule has 0 saturated carbocycles. The number of hydrazone groups is 1. The van der Waals surface area contributed by atoms with Crippen LogP contribution in [-0.2, 0) is 4.74 Å². The van der Waals surface area contributed by atoms with Gasteiger partial charge in [-0.25, -0.2) is 10.2 Å². The van der Waals surface area contributed by atoms with Crippen LogP contribution in [0, 0.1) is 0 Å². The third-order valence-electron chi connectivity index (χ3n) is 2.30. The van der Waals surface area contributed by atoms with Gasteiger partial charge in [0.1, 0.15) is 0 Å². The average Bonchev–Trinajstić information content (AvgIpc) is 2.78. The minimum atomic E-state index is -0.661. The molecule has 1 fully saturated rings. The summed E-state index contributed by atoms with van der Waals surface area (Å²) in [5, 5.41) is 4.91. The van der Waals surface area contributed by atoms with E-state index in [1.165, 1.54) is 5.00 Å². The lowest BCUT2D eigenvalue weighted by Crippen LogP contribution is -2.35. The molecule has 0 atom stereocenters. The Morgan fingerprint density at radius 2 is 2.29 bits per heavy atom. The van der Waals surface area contributed by atoms with Crippen molar-refractivity contribution in [2.75, 3.05) is 31.2 Å². The second-order valence-electron chi connectivity index (χ2n) is 3.51. The Bertz CT molecular complexity index is 412. The molecule has 17 heavy (non-hydrogen) atoms. The molecular formula is C10H14N4O2S. The Kier molecular flexibility index (Phi) is 3.94. The number of thiophene rings is 1. The molecular weight excluding hydrogens is 240 g/mol. The van der Waals surface area contributed by atoms with Crippen molar-refractivity contribution in [3.8, 4) is 0 Å². The van der Waals surface area contributed by atoms with Crippen LogP contribution in [0.4, 0.5) is 9.80 Å². The van der Waals surface area contributed by atoms with Gasteiger partial charge in [-0.3, -0.25) is 0 Å². The third-order valence-corrected chi connectivity index (χ3v) is 3.38. The Balaban J connectivity index is 1.95. The molecule has 0 aromatic carbocycles. The van der Waals surface area contributed by atoms with E-state index in [1.54, 1.807) is 17.6 Å². The number of hydrogen-bond acceptors (Lipinski definition) is 5. The van der Waals surface area contributed by atoms with Gasteiger partial charge in [-0.2, -0.15) is 5.10 Å². The highest BCUT2D eigenvalue weighted by Crippen LogP contribution is 2.25. The Morgan fingerprint density at radius 3 is 3.00 bits per heavy atom. The van der Waals surface area contributed by atoms with Gasteiger partial charge in [0.05, 0.1) is 24.4 Å². The number of urea groups is 1. The summed E-state index contributed by atoms with van der Waals surface area (Å²) in [6, 6.07) is 3.34. The maximum absolute atomic E-state index is 10.4. The van der Waals surface area contributed by atoms with Crippen LogP contribution in [0.2, 0.25) is 0 Å². The highest BCUT2D eigenvalue weighted by atomic mass is 32.1. The maximum Gasteiger partial charge on any atom is 0.332 e. The van der Waals surface area contributed by atoms with Crippen molar-refractivity contribution in [1.29, 1.82) is 0 Å². The van der Waals surface area contributed by atoms with Crippen molar-refractivity contribution in [3.05, 3.63) is 17.0 Å². The molecule has 0 unspecified atom stereocenters. The first-order chi connectivity index (χ1) is 8.25. The molecule has 6 nitrogen and oxygen atoms in total. The molecule has 1 saturated heterocycles. The zero-order valence-electron chi connectivity index (χ0n) is 9.26. The van der Waals surface area contributed by atoms with Crippen LogP contribution in [0.5, 0.6) is 0 Å². The number of nitrogens with two attached hydrogens (primary N) is 1. The molecule has 1 aromatic heterocycles. The van der Waals surface area contributed by atoms with Gasteiger partial charge in [0, 0.05) is 18.0 Å². The van der Waals surface area contributed by atoms with Crippen molar-refractivity contribution in [3.63, 3.8) is 0 Å². The summed E-state index contributed by atoms with van der Waals surface area (Å²) in [7, 11) is 0. The van der Waals surface area contributed by atoms with Crippen molar-refractivity contribution in [1.82, 2.24) is 5.43 Å². The Hall–Kier alpha value is -1.60. The van der Waals surface area contributed by atoms with Crippen LogP contribution in [0.1, 0.15) is 4.88 Å². The minimum Gasteiger partial charge on any atom is -0.378 e. The van der Waals surface area contributed by atoms with E-state index in [0.29, 0.717) is 0 Å². The van der Waals surface area contributed by atoms with E-state index >= 15 is 0 Å². The van der Waals surface area contributed by atoms with Crippen molar-refractivity contribution in [2.45, 2.75) is 0 Å². The lowest BCUT2D eigenvalue weighted by molar-refractivity contribution is 0.123. The topological polar surface area (TPSA) is 80.0 Å². The number of hydrogen-bond donors (Lipinski definition) is 2. The molecule has 1 aliphatic rings. The number of morpholine rings is 1. The van der Waals surface area contributed by atoms with Crippen molar-refractivity contribution in [2.24, 2.45) is 10.8 Å². The molecule has 0 radical (unpaired) electrons. The van der Waals surface area contributed by atoms with Crippen LogP contribution < -0.4 is 16.1 Å². The number of amides is 2.